The van der Waals surface area contributed by atoms with Gasteiger partial charge in [0, 0.05) is 5.56 Å². The van der Waals surface area contributed by atoms with Crippen molar-refractivity contribution < 1.29 is 35.1 Å². The largest absolute Gasteiger partial charge is 0.504 e. The Balaban J connectivity index is 2.65. The van der Waals surface area contributed by atoms with E-state index >= 15 is 0 Å². The number of hydrogen-bond acceptors (Lipinski definition) is 5. The van der Waals surface area contributed by atoms with Crippen molar-refractivity contribution >= 4 is 23.6 Å². The first-order chi connectivity index (χ1) is 10.8. The lowest BCUT2D eigenvalue weighted by Gasteiger charge is -2.08. The molecule has 0 aliphatic carbocycles. The number of phenolic OH excluding ortho intramolecular Hbond substituents is 3. The predicted molar refractivity (Wildman–Crippen MR) is 80.3 cm³/mol. The molecule has 0 saturated heterocycles. The van der Waals surface area contributed by atoms with E-state index in [1.54, 1.807) is 0 Å². The van der Waals surface area contributed by atoms with Crippen molar-refractivity contribution in [1.29, 1.82) is 0 Å². The van der Waals surface area contributed by atoms with Crippen molar-refractivity contribution in [3.05, 3.63) is 53.1 Å². The number of aromatic carboxylic acids is 1. The van der Waals surface area contributed by atoms with Crippen molar-refractivity contribution in [1.82, 2.24) is 0 Å². The second-order valence-corrected chi connectivity index (χ2v) is 4.62. The second kappa shape index (κ2) is 6.10. The average molecular weight is 316 g/mol. The molecule has 118 valence electrons. The molecule has 0 aromatic heterocycles. The molecule has 0 unspecified atom stereocenters. The van der Waals surface area contributed by atoms with Gasteiger partial charge < -0.3 is 25.5 Å². The Morgan fingerprint density at radius 1 is 0.870 bits per heavy atom. The van der Waals surface area contributed by atoms with Gasteiger partial charge in [-0.15, -0.1) is 0 Å². The van der Waals surface area contributed by atoms with Gasteiger partial charge in [0.05, 0.1) is 11.1 Å². The quantitative estimate of drug-likeness (QED) is 0.331. The molecule has 0 bridgehead atoms. The predicted octanol–water partition coefficient (Wildman–Crippen LogP) is 2.13. The summed E-state index contributed by atoms with van der Waals surface area (Å²) in [6.07, 6.45) is 1.09. The van der Waals surface area contributed by atoms with Crippen LogP contribution in [0.3, 0.4) is 0 Å². The molecule has 2 aromatic rings. The van der Waals surface area contributed by atoms with E-state index in [4.69, 9.17) is 5.11 Å². The van der Waals surface area contributed by atoms with Crippen LogP contribution in [0, 0.1) is 0 Å². The van der Waals surface area contributed by atoms with Crippen LogP contribution in [0.1, 0.15) is 21.5 Å². The fourth-order valence-electron chi connectivity index (χ4n) is 2.03. The maximum absolute atomic E-state index is 11.5. The molecule has 0 aliphatic rings. The molecule has 5 N–H and O–H groups in total. The maximum atomic E-state index is 11.5. The van der Waals surface area contributed by atoms with E-state index in [1.807, 2.05) is 0 Å². The van der Waals surface area contributed by atoms with Crippen molar-refractivity contribution in [2.45, 2.75) is 0 Å². The van der Waals surface area contributed by atoms with Crippen LogP contribution in [-0.2, 0) is 4.79 Å². The van der Waals surface area contributed by atoms with Crippen LogP contribution in [0.15, 0.2) is 36.4 Å². The number of carbonyl (C=O) groups is 2. The third-order valence-corrected chi connectivity index (χ3v) is 3.08. The van der Waals surface area contributed by atoms with Gasteiger partial charge >= 0.3 is 11.9 Å². The van der Waals surface area contributed by atoms with Gasteiger partial charge in [-0.05, 0) is 29.8 Å². The van der Waals surface area contributed by atoms with Gasteiger partial charge in [-0.2, -0.15) is 0 Å². The van der Waals surface area contributed by atoms with E-state index < -0.39 is 29.2 Å². The molecule has 0 amide bonds. The Hall–Kier alpha value is -3.48. The van der Waals surface area contributed by atoms with Gasteiger partial charge in [0.15, 0.2) is 17.2 Å². The van der Waals surface area contributed by atoms with Crippen LogP contribution in [0.25, 0.3) is 11.6 Å². The molecule has 2 aromatic carbocycles. The molecule has 23 heavy (non-hydrogen) atoms. The fourth-order valence-corrected chi connectivity index (χ4v) is 2.03. The first-order valence-corrected chi connectivity index (χ1v) is 6.34. The second-order valence-electron chi connectivity index (χ2n) is 4.62. The van der Waals surface area contributed by atoms with E-state index in [2.05, 4.69) is 0 Å². The number of aliphatic carboxylic acids is 1. The minimum atomic E-state index is -1.38. The smallest absolute Gasteiger partial charge is 0.336 e. The van der Waals surface area contributed by atoms with Gasteiger partial charge in [0.2, 0.25) is 0 Å². The van der Waals surface area contributed by atoms with Gasteiger partial charge in [0.1, 0.15) is 0 Å². The molecule has 7 nitrogen and oxygen atoms in total. The number of carboxylic acids is 2. The van der Waals surface area contributed by atoms with Gasteiger partial charge in [-0.3, -0.25) is 0 Å². The van der Waals surface area contributed by atoms with E-state index in [9.17, 15) is 30.0 Å². The van der Waals surface area contributed by atoms with Crippen molar-refractivity contribution in [3.63, 3.8) is 0 Å². The lowest BCUT2D eigenvalue weighted by Crippen LogP contribution is -2.07. The van der Waals surface area contributed by atoms with Gasteiger partial charge in [0.25, 0.3) is 0 Å². The first kappa shape index (κ1) is 15.9. The molecule has 0 atom stereocenters. The third kappa shape index (κ3) is 3.24. The summed E-state index contributed by atoms with van der Waals surface area (Å²) in [6.45, 7) is 0. The van der Waals surface area contributed by atoms with Crippen molar-refractivity contribution in [2.75, 3.05) is 0 Å². The lowest BCUT2D eigenvalue weighted by atomic mass is 9.97. The standard InChI is InChI=1S/C16H12O7/c17-12-6-8(7-13(18)14(12)19)5-11(16(22)23)9-3-1-2-4-10(9)15(20)21/h1-7,17-19H,(H,20,21)(H,22,23)/b11-5+. The summed E-state index contributed by atoms with van der Waals surface area (Å²) in [5, 5.41) is 46.7. The maximum Gasteiger partial charge on any atom is 0.336 e. The summed E-state index contributed by atoms with van der Waals surface area (Å²) >= 11 is 0. The van der Waals surface area contributed by atoms with Crippen LogP contribution in [-0.4, -0.2) is 37.5 Å². The minimum absolute atomic E-state index is 0.0282. The molecule has 7 heteroatoms. The normalized spacial score (nSPS) is 11.2. The summed E-state index contributed by atoms with van der Waals surface area (Å²) < 4.78 is 0. The highest BCUT2D eigenvalue weighted by Gasteiger charge is 2.18. The Labute approximate surface area is 130 Å². The van der Waals surface area contributed by atoms with E-state index in [0.29, 0.717) is 0 Å². The minimum Gasteiger partial charge on any atom is -0.504 e. The van der Waals surface area contributed by atoms with Crippen molar-refractivity contribution in [3.8, 4) is 17.2 Å². The number of aromatic hydroxyl groups is 3. The van der Waals surface area contributed by atoms with E-state index in [0.717, 1.165) is 18.2 Å². The summed E-state index contributed by atoms with van der Waals surface area (Å²) in [5.41, 5.74) is -0.490. The number of carboxylic acid groups (broad SMARTS) is 2. The van der Waals surface area contributed by atoms with Crippen LogP contribution in [0.2, 0.25) is 0 Å². The molecule has 0 spiro atoms. The fraction of sp³-hybridized carbons (Fsp3) is 0. The van der Waals surface area contributed by atoms with Gasteiger partial charge in [-0.25, -0.2) is 9.59 Å². The Bertz CT molecular complexity index is 798. The van der Waals surface area contributed by atoms with E-state index in [-0.39, 0.29) is 22.3 Å². The van der Waals surface area contributed by atoms with Crippen LogP contribution < -0.4 is 0 Å². The molecular weight excluding hydrogens is 304 g/mol. The van der Waals surface area contributed by atoms with Crippen LogP contribution in [0.5, 0.6) is 17.2 Å². The topological polar surface area (TPSA) is 135 Å². The zero-order chi connectivity index (χ0) is 17.1. The van der Waals surface area contributed by atoms with Gasteiger partial charge in [-0.1, -0.05) is 18.2 Å². The molecular formula is C16H12O7. The van der Waals surface area contributed by atoms with E-state index in [1.165, 1.54) is 24.3 Å². The number of hydrogen-bond donors (Lipinski definition) is 5. The molecule has 0 heterocycles. The number of benzene rings is 2. The lowest BCUT2D eigenvalue weighted by molar-refractivity contribution is -0.130. The number of phenols is 3. The molecule has 0 fully saturated rings. The Morgan fingerprint density at radius 3 is 1.87 bits per heavy atom. The molecule has 0 radical (unpaired) electrons. The molecule has 0 saturated carbocycles. The Kier molecular flexibility index (Phi) is 4.22. The summed E-state index contributed by atoms with van der Waals surface area (Å²) in [6, 6.07) is 7.64. The van der Waals surface area contributed by atoms with Crippen LogP contribution >= 0.6 is 0 Å². The zero-order valence-corrected chi connectivity index (χ0v) is 11.6. The average Bonchev–Trinajstić information content (AvgIpc) is 2.49. The molecule has 0 aliphatic heterocycles. The summed E-state index contributed by atoms with van der Waals surface area (Å²) in [4.78, 5) is 22.7. The highest BCUT2D eigenvalue weighted by molar-refractivity contribution is 6.22. The Morgan fingerprint density at radius 2 is 1.39 bits per heavy atom. The van der Waals surface area contributed by atoms with Crippen molar-refractivity contribution in [2.24, 2.45) is 0 Å². The highest BCUT2D eigenvalue weighted by atomic mass is 16.4. The zero-order valence-electron chi connectivity index (χ0n) is 11.6. The SMILES string of the molecule is O=C(O)/C(=C/c1cc(O)c(O)c(O)c1)c1ccccc1C(=O)O. The monoisotopic (exact) mass is 316 g/mol. The van der Waals surface area contributed by atoms with Crippen LogP contribution in [0.4, 0.5) is 0 Å². The molecule has 2 rings (SSSR count). The summed E-state index contributed by atoms with van der Waals surface area (Å²) in [5.74, 6) is -4.67. The highest BCUT2D eigenvalue weighted by Crippen LogP contribution is 2.36. The summed E-state index contributed by atoms with van der Waals surface area (Å²) in [7, 11) is 0. The first-order valence-electron chi connectivity index (χ1n) is 6.34. The third-order valence-electron chi connectivity index (χ3n) is 3.08. The number of rotatable bonds is 4.